The second-order valence-corrected chi connectivity index (χ2v) is 3.12. The molecule has 0 fully saturated rings. The van der Waals surface area contributed by atoms with E-state index in [-0.39, 0.29) is 6.04 Å². The summed E-state index contributed by atoms with van der Waals surface area (Å²) in [7, 11) is 0. The van der Waals surface area contributed by atoms with Crippen LogP contribution in [-0.2, 0) is 0 Å². The summed E-state index contributed by atoms with van der Waals surface area (Å²) in [4.78, 5) is 0. The molecule has 12 heavy (non-hydrogen) atoms. The molecule has 0 heterocycles. The third-order valence-corrected chi connectivity index (χ3v) is 2.07. The Morgan fingerprint density at radius 1 is 1.33 bits per heavy atom. The first kappa shape index (κ1) is 9.23. The van der Waals surface area contributed by atoms with Crippen LogP contribution in [-0.4, -0.2) is 11.2 Å². The van der Waals surface area contributed by atoms with Crippen molar-refractivity contribution in [1.82, 2.24) is 0 Å². The largest absolute Gasteiger partial charge is 0.391 e. The molecule has 0 radical (unpaired) electrons. The highest BCUT2D eigenvalue weighted by molar-refractivity contribution is 5.28. The lowest BCUT2D eigenvalue weighted by atomic mass is 9.99. The van der Waals surface area contributed by atoms with E-state index in [9.17, 15) is 5.11 Å². The van der Waals surface area contributed by atoms with Crippen LogP contribution < -0.4 is 5.73 Å². The maximum Gasteiger partial charge on any atom is 0.0704 e. The third-order valence-electron chi connectivity index (χ3n) is 2.07. The van der Waals surface area contributed by atoms with Crippen molar-refractivity contribution >= 4 is 0 Å². The van der Waals surface area contributed by atoms with Crippen LogP contribution in [0.2, 0.25) is 0 Å². The van der Waals surface area contributed by atoms with Gasteiger partial charge in [0.05, 0.1) is 12.1 Å². The molecule has 0 aliphatic heterocycles. The molecule has 0 aromatic heterocycles. The minimum atomic E-state index is -0.494. The molecule has 2 nitrogen and oxygen atoms in total. The summed E-state index contributed by atoms with van der Waals surface area (Å²) < 4.78 is 0. The number of aliphatic hydroxyl groups is 1. The first-order valence-electron chi connectivity index (χ1n) is 4.12. The Morgan fingerprint density at radius 3 is 2.42 bits per heavy atom. The summed E-state index contributed by atoms with van der Waals surface area (Å²) in [6.45, 7) is 3.70. The van der Waals surface area contributed by atoms with Gasteiger partial charge in [-0.1, -0.05) is 24.3 Å². The second kappa shape index (κ2) is 3.70. The van der Waals surface area contributed by atoms with E-state index in [1.807, 2.05) is 31.2 Å². The fraction of sp³-hybridized carbons (Fsp3) is 0.400. The molecule has 0 amide bonds. The monoisotopic (exact) mass is 165 g/mol. The Balaban J connectivity index is 2.94. The van der Waals surface area contributed by atoms with Gasteiger partial charge in [0.25, 0.3) is 0 Å². The number of benzene rings is 1. The van der Waals surface area contributed by atoms with Gasteiger partial charge in [-0.25, -0.2) is 0 Å². The van der Waals surface area contributed by atoms with Crippen LogP contribution in [0.5, 0.6) is 0 Å². The SMILES string of the molecule is Cc1ccccc1[C@@H](N)[C@@H](C)O. The van der Waals surface area contributed by atoms with Gasteiger partial charge in [0.2, 0.25) is 0 Å². The van der Waals surface area contributed by atoms with E-state index in [4.69, 9.17) is 5.73 Å². The van der Waals surface area contributed by atoms with Gasteiger partial charge in [-0.15, -0.1) is 0 Å². The van der Waals surface area contributed by atoms with Gasteiger partial charge in [-0.05, 0) is 25.0 Å². The molecule has 66 valence electrons. The van der Waals surface area contributed by atoms with Crippen LogP contribution in [0.15, 0.2) is 24.3 Å². The summed E-state index contributed by atoms with van der Waals surface area (Å²) in [5.74, 6) is 0. The Kier molecular flexibility index (Phi) is 2.84. The molecule has 1 aromatic rings. The third kappa shape index (κ3) is 1.84. The maximum atomic E-state index is 9.27. The van der Waals surface area contributed by atoms with Gasteiger partial charge in [0, 0.05) is 0 Å². The average molecular weight is 165 g/mol. The van der Waals surface area contributed by atoms with Crippen LogP contribution in [0.25, 0.3) is 0 Å². The van der Waals surface area contributed by atoms with E-state index in [1.165, 1.54) is 0 Å². The highest BCUT2D eigenvalue weighted by Crippen LogP contribution is 2.17. The lowest BCUT2D eigenvalue weighted by molar-refractivity contribution is 0.164. The van der Waals surface area contributed by atoms with Crippen molar-refractivity contribution in [2.24, 2.45) is 5.73 Å². The number of hydrogen-bond donors (Lipinski definition) is 2. The molecule has 0 saturated heterocycles. The average Bonchev–Trinajstić information content (AvgIpc) is 2.04. The van der Waals surface area contributed by atoms with Crippen LogP contribution >= 0.6 is 0 Å². The van der Waals surface area contributed by atoms with Gasteiger partial charge < -0.3 is 10.8 Å². The fourth-order valence-electron chi connectivity index (χ4n) is 1.22. The highest BCUT2D eigenvalue weighted by atomic mass is 16.3. The topological polar surface area (TPSA) is 46.2 Å². The Hall–Kier alpha value is -0.860. The van der Waals surface area contributed by atoms with E-state index in [2.05, 4.69) is 0 Å². The lowest BCUT2D eigenvalue weighted by Gasteiger charge is -2.16. The Bertz CT molecular complexity index is 258. The van der Waals surface area contributed by atoms with Crippen molar-refractivity contribution in [1.29, 1.82) is 0 Å². The standard InChI is InChI=1S/C10H15NO/c1-7-5-3-4-6-9(7)10(11)8(2)12/h3-6,8,10,12H,11H2,1-2H3/t8-,10+/m1/s1. The van der Waals surface area contributed by atoms with Crippen LogP contribution in [0.3, 0.4) is 0 Å². The van der Waals surface area contributed by atoms with E-state index in [0.717, 1.165) is 11.1 Å². The van der Waals surface area contributed by atoms with Gasteiger partial charge >= 0.3 is 0 Å². The minimum absolute atomic E-state index is 0.272. The molecule has 0 aliphatic carbocycles. The summed E-state index contributed by atoms with van der Waals surface area (Å²) in [6, 6.07) is 7.58. The van der Waals surface area contributed by atoms with E-state index < -0.39 is 6.10 Å². The maximum absolute atomic E-state index is 9.27. The highest BCUT2D eigenvalue weighted by Gasteiger charge is 2.12. The van der Waals surface area contributed by atoms with Gasteiger partial charge in [-0.3, -0.25) is 0 Å². The molecular weight excluding hydrogens is 150 g/mol. The zero-order valence-corrected chi connectivity index (χ0v) is 7.49. The molecule has 3 N–H and O–H groups in total. The molecule has 0 bridgehead atoms. The minimum Gasteiger partial charge on any atom is -0.391 e. The molecule has 1 aromatic carbocycles. The summed E-state index contributed by atoms with van der Waals surface area (Å²) in [6.07, 6.45) is -0.494. The molecule has 2 atom stereocenters. The van der Waals surface area contributed by atoms with Crippen molar-refractivity contribution in [2.45, 2.75) is 26.0 Å². The molecular formula is C10H15NO. The molecule has 1 rings (SSSR count). The zero-order valence-electron chi connectivity index (χ0n) is 7.49. The van der Waals surface area contributed by atoms with E-state index in [1.54, 1.807) is 6.92 Å². The molecule has 2 heteroatoms. The van der Waals surface area contributed by atoms with E-state index in [0.29, 0.717) is 0 Å². The number of rotatable bonds is 2. The van der Waals surface area contributed by atoms with Crippen molar-refractivity contribution in [3.8, 4) is 0 Å². The quantitative estimate of drug-likeness (QED) is 0.695. The molecule has 0 aliphatic rings. The summed E-state index contributed by atoms with van der Waals surface area (Å²) in [5, 5.41) is 9.27. The number of aryl methyl sites for hydroxylation is 1. The zero-order chi connectivity index (χ0) is 9.14. The number of hydrogen-bond acceptors (Lipinski definition) is 2. The van der Waals surface area contributed by atoms with Crippen LogP contribution in [0.1, 0.15) is 24.1 Å². The fourth-order valence-corrected chi connectivity index (χ4v) is 1.22. The lowest BCUT2D eigenvalue weighted by Crippen LogP contribution is -2.23. The smallest absolute Gasteiger partial charge is 0.0704 e. The Labute approximate surface area is 73.0 Å². The molecule has 0 unspecified atom stereocenters. The first-order valence-corrected chi connectivity index (χ1v) is 4.12. The number of nitrogens with two attached hydrogens (primary N) is 1. The van der Waals surface area contributed by atoms with Crippen LogP contribution in [0, 0.1) is 6.92 Å². The summed E-state index contributed by atoms with van der Waals surface area (Å²) >= 11 is 0. The predicted molar refractivity (Wildman–Crippen MR) is 49.8 cm³/mol. The van der Waals surface area contributed by atoms with Crippen LogP contribution in [0.4, 0.5) is 0 Å². The first-order chi connectivity index (χ1) is 5.63. The van der Waals surface area contributed by atoms with Crippen molar-refractivity contribution in [3.05, 3.63) is 35.4 Å². The molecule has 0 spiro atoms. The van der Waals surface area contributed by atoms with Gasteiger partial charge in [0.15, 0.2) is 0 Å². The summed E-state index contributed by atoms with van der Waals surface area (Å²) in [5.41, 5.74) is 7.94. The van der Waals surface area contributed by atoms with Gasteiger partial charge in [0.1, 0.15) is 0 Å². The number of aliphatic hydroxyl groups excluding tert-OH is 1. The van der Waals surface area contributed by atoms with E-state index >= 15 is 0 Å². The van der Waals surface area contributed by atoms with Gasteiger partial charge in [-0.2, -0.15) is 0 Å². The van der Waals surface area contributed by atoms with Crippen molar-refractivity contribution < 1.29 is 5.11 Å². The Morgan fingerprint density at radius 2 is 1.92 bits per heavy atom. The normalized spacial score (nSPS) is 15.7. The van der Waals surface area contributed by atoms with Crippen molar-refractivity contribution in [3.63, 3.8) is 0 Å². The predicted octanol–water partition coefficient (Wildman–Crippen LogP) is 1.38. The second-order valence-electron chi connectivity index (χ2n) is 3.12. The van der Waals surface area contributed by atoms with Crippen molar-refractivity contribution in [2.75, 3.05) is 0 Å². The molecule has 0 saturated carbocycles.